The lowest BCUT2D eigenvalue weighted by Crippen LogP contribution is -2.10. The Hall–Kier alpha value is -0.340. The van der Waals surface area contributed by atoms with E-state index in [4.69, 9.17) is 5.73 Å². The Morgan fingerprint density at radius 3 is 2.73 bits per heavy atom. The van der Waals surface area contributed by atoms with E-state index in [1.54, 1.807) is 0 Å². The van der Waals surface area contributed by atoms with E-state index in [1.807, 2.05) is 11.3 Å². The fourth-order valence-corrected chi connectivity index (χ4v) is 2.29. The molecule has 2 heteroatoms. The molecule has 1 aromatic rings. The Morgan fingerprint density at radius 2 is 2.27 bits per heavy atom. The monoisotopic (exact) mass is 167 g/mol. The van der Waals surface area contributed by atoms with Crippen molar-refractivity contribution < 1.29 is 0 Å². The molecule has 1 aliphatic rings. The SMILES string of the molecule is Cc1ccc([C@@H](N)C2CC2)s1. The van der Waals surface area contributed by atoms with Crippen LogP contribution in [0.1, 0.15) is 28.6 Å². The summed E-state index contributed by atoms with van der Waals surface area (Å²) in [6.45, 7) is 2.13. The van der Waals surface area contributed by atoms with E-state index in [0.29, 0.717) is 6.04 Å². The first-order valence-electron chi connectivity index (χ1n) is 4.09. The molecule has 1 fully saturated rings. The topological polar surface area (TPSA) is 26.0 Å². The number of nitrogens with two attached hydrogens (primary N) is 1. The van der Waals surface area contributed by atoms with Crippen molar-refractivity contribution in [2.45, 2.75) is 25.8 Å². The number of hydrogen-bond acceptors (Lipinski definition) is 2. The molecule has 0 aliphatic heterocycles. The van der Waals surface area contributed by atoms with Crippen molar-refractivity contribution in [1.29, 1.82) is 0 Å². The zero-order valence-corrected chi connectivity index (χ0v) is 7.53. The minimum Gasteiger partial charge on any atom is -0.323 e. The molecule has 2 N–H and O–H groups in total. The summed E-state index contributed by atoms with van der Waals surface area (Å²) in [6, 6.07) is 4.65. The number of rotatable bonds is 2. The molecular weight excluding hydrogens is 154 g/mol. The third-order valence-electron chi connectivity index (χ3n) is 2.22. The quantitative estimate of drug-likeness (QED) is 0.719. The van der Waals surface area contributed by atoms with Crippen molar-refractivity contribution >= 4 is 11.3 Å². The van der Waals surface area contributed by atoms with Crippen molar-refractivity contribution in [2.75, 3.05) is 0 Å². The van der Waals surface area contributed by atoms with Gasteiger partial charge in [-0.25, -0.2) is 0 Å². The minimum absolute atomic E-state index is 0.327. The van der Waals surface area contributed by atoms with Crippen LogP contribution in [0.4, 0.5) is 0 Å². The molecule has 1 atom stereocenters. The first-order valence-corrected chi connectivity index (χ1v) is 4.91. The summed E-state index contributed by atoms with van der Waals surface area (Å²) in [5.41, 5.74) is 6.02. The summed E-state index contributed by atoms with van der Waals surface area (Å²) in [6.07, 6.45) is 2.66. The van der Waals surface area contributed by atoms with Gasteiger partial charge in [0.25, 0.3) is 0 Å². The molecule has 1 aliphatic carbocycles. The van der Waals surface area contributed by atoms with Gasteiger partial charge in [-0.3, -0.25) is 0 Å². The highest BCUT2D eigenvalue weighted by Gasteiger charge is 2.29. The maximum absolute atomic E-state index is 6.02. The van der Waals surface area contributed by atoms with E-state index in [9.17, 15) is 0 Å². The van der Waals surface area contributed by atoms with Gasteiger partial charge in [-0.15, -0.1) is 11.3 Å². The molecule has 0 spiro atoms. The molecule has 1 aromatic heterocycles. The molecule has 0 saturated heterocycles. The summed E-state index contributed by atoms with van der Waals surface area (Å²) < 4.78 is 0. The molecule has 0 bridgehead atoms. The molecule has 1 nitrogen and oxygen atoms in total. The zero-order valence-electron chi connectivity index (χ0n) is 6.71. The van der Waals surface area contributed by atoms with Gasteiger partial charge in [0.2, 0.25) is 0 Å². The van der Waals surface area contributed by atoms with Gasteiger partial charge < -0.3 is 5.73 Å². The predicted molar refractivity (Wildman–Crippen MR) is 48.7 cm³/mol. The van der Waals surface area contributed by atoms with Gasteiger partial charge in [0.05, 0.1) is 0 Å². The Morgan fingerprint density at radius 1 is 1.55 bits per heavy atom. The largest absolute Gasteiger partial charge is 0.323 e. The van der Waals surface area contributed by atoms with E-state index in [2.05, 4.69) is 19.1 Å². The van der Waals surface area contributed by atoms with Gasteiger partial charge in [-0.2, -0.15) is 0 Å². The van der Waals surface area contributed by atoms with Crippen molar-refractivity contribution in [3.8, 4) is 0 Å². The summed E-state index contributed by atoms with van der Waals surface area (Å²) in [4.78, 5) is 2.74. The van der Waals surface area contributed by atoms with Crippen LogP contribution in [0.25, 0.3) is 0 Å². The van der Waals surface area contributed by atoms with Gasteiger partial charge in [-0.1, -0.05) is 0 Å². The Balaban J connectivity index is 2.14. The highest BCUT2D eigenvalue weighted by molar-refractivity contribution is 7.12. The molecule has 2 rings (SSSR count). The Kier molecular flexibility index (Phi) is 1.74. The summed E-state index contributed by atoms with van der Waals surface area (Å²) in [7, 11) is 0. The second-order valence-corrected chi connectivity index (χ2v) is 4.63. The van der Waals surface area contributed by atoms with Gasteiger partial charge in [0.15, 0.2) is 0 Å². The van der Waals surface area contributed by atoms with Crippen molar-refractivity contribution in [3.63, 3.8) is 0 Å². The van der Waals surface area contributed by atoms with Gasteiger partial charge in [-0.05, 0) is 37.8 Å². The van der Waals surface area contributed by atoms with Crippen LogP contribution >= 0.6 is 11.3 Å². The van der Waals surface area contributed by atoms with Crippen molar-refractivity contribution in [2.24, 2.45) is 11.7 Å². The standard InChI is InChI=1S/C9H13NS/c1-6-2-5-8(11-6)9(10)7-3-4-7/h2,5,7,9H,3-4,10H2,1H3/t9-/m0/s1. The van der Waals surface area contributed by atoms with E-state index in [-0.39, 0.29) is 0 Å². The van der Waals surface area contributed by atoms with Crippen LogP contribution in [0.3, 0.4) is 0 Å². The third kappa shape index (κ3) is 1.47. The maximum atomic E-state index is 6.02. The van der Waals surface area contributed by atoms with E-state index in [0.717, 1.165) is 5.92 Å². The first kappa shape index (κ1) is 7.32. The molecular formula is C9H13NS. The normalized spacial score (nSPS) is 20.2. The fraction of sp³-hybridized carbons (Fsp3) is 0.556. The molecule has 0 unspecified atom stereocenters. The van der Waals surface area contributed by atoms with Gasteiger partial charge in [0, 0.05) is 15.8 Å². The summed E-state index contributed by atoms with van der Waals surface area (Å²) in [5.74, 6) is 0.785. The lowest BCUT2D eigenvalue weighted by Gasteiger charge is -2.05. The van der Waals surface area contributed by atoms with Crippen molar-refractivity contribution in [1.82, 2.24) is 0 Å². The lowest BCUT2D eigenvalue weighted by atomic mass is 10.2. The van der Waals surface area contributed by atoms with Crippen LogP contribution in [-0.2, 0) is 0 Å². The maximum Gasteiger partial charge on any atom is 0.0418 e. The summed E-state index contributed by atoms with van der Waals surface area (Å²) >= 11 is 1.84. The highest BCUT2D eigenvalue weighted by Crippen LogP contribution is 2.41. The van der Waals surface area contributed by atoms with Crippen molar-refractivity contribution in [3.05, 3.63) is 21.9 Å². The van der Waals surface area contributed by atoms with E-state index in [1.165, 1.54) is 22.6 Å². The van der Waals surface area contributed by atoms with E-state index >= 15 is 0 Å². The number of thiophene rings is 1. The molecule has 60 valence electrons. The third-order valence-corrected chi connectivity index (χ3v) is 3.32. The molecule has 0 aromatic carbocycles. The molecule has 1 saturated carbocycles. The molecule has 0 radical (unpaired) electrons. The first-order chi connectivity index (χ1) is 5.27. The lowest BCUT2D eigenvalue weighted by molar-refractivity contribution is 0.645. The molecule has 1 heterocycles. The smallest absolute Gasteiger partial charge is 0.0418 e. The second-order valence-electron chi connectivity index (χ2n) is 3.31. The number of hydrogen-bond donors (Lipinski definition) is 1. The average molecular weight is 167 g/mol. The Bertz CT molecular complexity index is 250. The second kappa shape index (κ2) is 2.61. The van der Waals surface area contributed by atoms with Crippen LogP contribution in [-0.4, -0.2) is 0 Å². The highest BCUT2D eigenvalue weighted by atomic mass is 32.1. The van der Waals surface area contributed by atoms with Gasteiger partial charge >= 0.3 is 0 Å². The zero-order chi connectivity index (χ0) is 7.84. The van der Waals surface area contributed by atoms with E-state index < -0.39 is 0 Å². The predicted octanol–water partition coefficient (Wildman–Crippen LogP) is 2.47. The van der Waals surface area contributed by atoms with Crippen LogP contribution < -0.4 is 5.73 Å². The number of aryl methyl sites for hydroxylation is 1. The van der Waals surface area contributed by atoms with Gasteiger partial charge in [0.1, 0.15) is 0 Å². The van der Waals surface area contributed by atoms with Crippen LogP contribution in [0.15, 0.2) is 12.1 Å². The van der Waals surface area contributed by atoms with Crippen LogP contribution in [0, 0.1) is 12.8 Å². The van der Waals surface area contributed by atoms with Crippen LogP contribution in [0.2, 0.25) is 0 Å². The Labute approximate surface area is 71.2 Å². The molecule has 11 heavy (non-hydrogen) atoms. The fourth-order valence-electron chi connectivity index (χ4n) is 1.32. The molecule has 0 amide bonds. The van der Waals surface area contributed by atoms with Crippen LogP contribution in [0.5, 0.6) is 0 Å². The summed E-state index contributed by atoms with van der Waals surface area (Å²) in [5, 5.41) is 0. The average Bonchev–Trinajstić information content (AvgIpc) is 2.74. The minimum atomic E-state index is 0.327.